The van der Waals surface area contributed by atoms with Crippen molar-refractivity contribution in [3.63, 3.8) is 0 Å². The van der Waals surface area contributed by atoms with E-state index in [0.29, 0.717) is 11.1 Å². The van der Waals surface area contributed by atoms with Crippen molar-refractivity contribution in [2.75, 3.05) is 0 Å². The third-order valence-corrected chi connectivity index (χ3v) is 6.99. The fraction of sp³-hybridized carbons (Fsp3) is 0.385. The molecular formula is C26H23FN4O2. The number of benzene rings is 2. The van der Waals surface area contributed by atoms with Crippen LogP contribution in [-0.2, 0) is 20.7 Å². The van der Waals surface area contributed by atoms with Gasteiger partial charge in [-0.2, -0.15) is 15.8 Å². The van der Waals surface area contributed by atoms with Gasteiger partial charge in [0, 0.05) is 5.56 Å². The van der Waals surface area contributed by atoms with Crippen molar-refractivity contribution in [2.24, 2.45) is 16.7 Å². The monoisotopic (exact) mass is 442 g/mol. The molecular weight excluding hydrogens is 419 g/mol. The Morgan fingerprint density at radius 3 is 2.00 bits per heavy atom. The van der Waals surface area contributed by atoms with Gasteiger partial charge in [-0.3, -0.25) is 5.41 Å². The summed E-state index contributed by atoms with van der Waals surface area (Å²) in [5.41, 5.74) is -2.08. The van der Waals surface area contributed by atoms with E-state index in [9.17, 15) is 20.2 Å². The average Bonchev–Trinajstić information content (AvgIpc) is 2.95. The molecule has 2 aliphatic rings. The maximum Gasteiger partial charge on any atom is 0.244 e. The first kappa shape index (κ1) is 22.5. The second-order valence-electron chi connectivity index (χ2n) is 9.65. The maximum absolute atomic E-state index is 13.7. The van der Waals surface area contributed by atoms with Crippen molar-refractivity contribution in [3.8, 4) is 18.2 Å². The number of nitriles is 3. The van der Waals surface area contributed by atoms with Gasteiger partial charge in [0.25, 0.3) is 0 Å². The zero-order valence-electron chi connectivity index (χ0n) is 18.8. The van der Waals surface area contributed by atoms with Crippen LogP contribution in [0.4, 0.5) is 4.39 Å². The zero-order valence-corrected chi connectivity index (χ0v) is 18.8. The summed E-state index contributed by atoms with van der Waals surface area (Å²) in [5, 5.41) is 39.5. The van der Waals surface area contributed by atoms with E-state index in [-0.39, 0.29) is 5.41 Å². The molecule has 33 heavy (non-hydrogen) atoms. The van der Waals surface area contributed by atoms with Crippen molar-refractivity contribution in [1.82, 2.24) is 0 Å². The summed E-state index contributed by atoms with van der Waals surface area (Å²) >= 11 is 0. The van der Waals surface area contributed by atoms with Crippen LogP contribution >= 0.6 is 0 Å². The number of nitrogens with zero attached hydrogens (tertiary/aromatic N) is 3. The van der Waals surface area contributed by atoms with Gasteiger partial charge in [-0.25, -0.2) is 4.39 Å². The summed E-state index contributed by atoms with van der Waals surface area (Å²) < 4.78 is 26.0. The van der Waals surface area contributed by atoms with Gasteiger partial charge in [-0.1, -0.05) is 52.0 Å². The topological polar surface area (TPSA) is 114 Å². The Kier molecular flexibility index (Phi) is 4.86. The van der Waals surface area contributed by atoms with E-state index in [1.54, 1.807) is 19.1 Å². The molecule has 0 aliphatic carbocycles. The van der Waals surface area contributed by atoms with Gasteiger partial charge in [0.15, 0.2) is 5.41 Å². The second kappa shape index (κ2) is 7.14. The van der Waals surface area contributed by atoms with Crippen LogP contribution in [0.25, 0.3) is 0 Å². The first-order valence-corrected chi connectivity index (χ1v) is 10.6. The quantitative estimate of drug-likeness (QED) is 0.684. The number of rotatable bonds is 2. The highest BCUT2D eigenvalue weighted by atomic mass is 19.1. The molecule has 2 aromatic carbocycles. The Morgan fingerprint density at radius 2 is 1.52 bits per heavy atom. The molecule has 0 spiro atoms. The van der Waals surface area contributed by atoms with Crippen molar-refractivity contribution in [2.45, 2.75) is 45.0 Å². The predicted molar refractivity (Wildman–Crippen MR) is 117 cm³/mol. The SMILES string of the molecule is CC1C2(c3ccc(F)cc3)OC(=N)C1(C#N)C(C#N)(C#N)C(c1ccc(C(C)(C)C)cc1)O2. The first-order valence-electron chi connectivity index (χ1n) is 10.6. The third kappa shape index (κ3) is 2.75. The molecule has 4 rings (SSSR count). The molecule has 4 unspecified atom stereocenters. The standard InChI is InChI=1S/C26H23FN4O2/c1-16-25(15-30)22(31)33-26(16,19-9-11-20(27)12-10-19)32-21(24(25,13-28)14-29)17-5-7-18(8-6-17)23(2,3)4/h5-12,16,21,31H,1-4H3. The molecule has 4 atom stereocenters. The summed E-state index contributed by atoms with van der Waals surface area (Å²) in [6.07, 6.45) is -1.19. The molecule has 2 saturated heterocycles. The van der Waals surface area contributed by atoms with Crippen molar-refractivity contribution < 1.29 is 13.9 Å². The summed E-state index contributed by atoms with van der Waals surface area (Å²) in [7, 11) is 0. The molecule has 6 nitrogen and oxygen atoms in total. The number of halogens is 1. The fourth-order valence-electron chi connectivity index (χ4n) is 5.01. The van der Waals surface area contributed by atoms with Crippen LogP contribution < -0.4 is 0 Å². The van der Waals surface area contributed by atoms with Gasteiger partial charge < -0.3 is 9.47 Å². The summed E-state index contributed by atoms with van der Waals surface area (Å²) in [5.74, 6) is -3.49. The number of fused-ring (bicyclic) bond motifs is 2. The Hall–Kier alpha value is -3.73. The smallest absolute Gasteiger partial charge is 0.244 e. The Balaban J connectivity index is 1.98. The van der Waals surface area contributed by atoms with Gasteiger partial charge in [0.05, 0.1) is 24.1 Å². The van der Waals surface area contributed by atoms with E-state index in [1.807, 2.05) is 24.3 Å². The van der Waals surface area contributed by atoms with Gasteiger partial charge in [-0.15, -0.1) is 0 Å². The fourth-order valence-corrected chi connectivity index (χ4v) is 5.01. The van der Waals surface area contributed by atoms with Crippen LogP contribution in [0.1, 0.15) is 50.5 Å². The maximum atomic E-state index is 13.7. The van der Waals surface area contributed by atoms with E-state index in [2.05, 4.69) is 26.8 Å². The van der Waals surface area contributed by atoms with Gasteiger partial charge in [0.2, 0.25) is 17.1 Å². The van der Waals surface area contributed by atoms with Crippen molar-refractivity contribution in [1.29, 1.82) is 21.2 Å². The Morgan fingerprint density at radius 1 is 0.939 bits per heavy atom. The molecule has 2 aromatic rings. The molecule has 2 heterocycles. The molecule has 166 valence electrons. The van der Waals surface area contributed by atoms with Crippen LogP contribution in [0.3, 0.4) is 0 Å². The zero-order chi connectivity index (χ0) is 24.2. The molecule has 0 amide bonds. The second-order valence-corrected chi connectivity index (χ2v) is 9.65. The van der Waals surface area contributed by atoms with Crippen LogP contribution in [0, 0.1) is 62.0 Å². The minimum atomic E-state index is -2.04. The molecule has 2 fully saturated rings. The number of ether oxygens (including phenoxy) is 2. The lowest BCUT2D eigenvalue weighted by molar-refractivity contribution is -0.288. The lowest BCUT2D eigenvalue weighted by Gasteiger charge is -2.48. The highest BCUT2D eigenvalue weighted by Gasteiger charge is 2.79. The van der Waals surface area contributed by atoms with Gasteiger partial charge in [-0.05, 0) is 40.8 Å². The van der Waals surface area contributed by atoms with Crippen molar-refractivity contribution >= 4 is 5.90 Å². The molecule has 2 aliphatic heterocycles. The van der Waals surface area contributed by atoms with Crippen LogP contribution in [0.2, 0.25) is 0 Å². The first-order chi connectivity index (χ1) is 15.5. The van der Waals surface area contributed by atoms with E-state index in [1.165, 1.54) is 24.3 Å². The van der Waals surface area contributed by atoms with E-state index >= 15 is 0 Å². The van der Waals surface area contributed by atoms with E-state index in [4.69, 9.17) is 14.9 Å². The molecule has 2 bridgehead atoms. The third-order valence-electron chi connectivity index (χ3n) is 6.99. The average molecular weight is 442 g/mol. The Bertz CT molecular complexity index is 1230. The number of hydrogen-bond acceptors (Lipinski definition) is 6. The van der Waals surface area contributed by atoms with Gasteiger partial charge in [0.1, 0.15) is 11.9 Å². The van der Waals surface area contributed by atoms with Crippen molar-refractivity contribution in [3.05, 3.63) is 71.0 Å². The minimum absolute atomic E-state index is 0.116. The minimum Gasteiger partial charge on any atom is -0.443 e. The summed E-state index contributed by atoms with van der Waals surface area (Å²) in [6, 6.07) is 18.9. The van der Waals surface area contributed by atoms with E-state index < -0.39 is 40.4 Å². The normalized spacial score (nSPS) is 29.9. The Labute approximate surface area is 192 Å². The van der Waals surface area contributed by atoms with Crippen LogP contribution in [-0.4, -0.2) is 5.90 Å². The largest absolute Gasteiger partial charge is 0.443 e. The molecule has 0 aromatic heterocycles. The molecule has 0 saturated carbocycles. The van der Waals surface area contributed by atoms with Crippen LogP contribution in [0.15, 0.2) is 48.5 Å². The summed E-state index contributed by atoms with van der Waals surface area (Å²) in [6.45, 7) is 7.83. The highest BCUT2D eigenvalue weighted by Crippen LogP contribution is 2.68. The number of nitrogens with one attached hydrogen (secondary N) is 1. The van der Waals surface area contributed by atoms with Gasteiger partial charge >= 0.3 is 0 Å². The van der Waals surface area contributed by atoms with Crippen LogP contribution in [0.5, 0.6) is 0 Å². The molecule has 7 heteroatoms. The number of hydrogen-bond donors (Lipinski definition) is 1. The highest BCUT2D eigenvalue weighted by molar-refractivity contribution is 5.89. The summed E-state index contributed by atoms with van der Waals surface area (Å²) in [4.78, 5) is 0. The predicted octanol–water partition coefficient (Wildman–Crippen LogP) is 5.23. The van der Waals surface area contributed by atoms with E-state index in [0.717, 1.165) is 5.56 Å². The lowest BCUT2D eigenvalue weighted by Crippen LogP contribution is -2.57. The lowest BCUT2D eigenvalue weighted by atomic mass is 9.53. The molecule has 0 radical (unpaired) electrons. The molecule has 1 N–H and O–H groups in total.